The topological polar surface area (TPSA) is 80.1 Å². The van der Waals surface area contributed by atoms with Crippen LogP contribution in [0.25, 0.3) is 11.2 Å². The minimum Gasteiger partial charge on any atom is -0.379 e. The van der Waals surface area contributed by atoms with Crippen LogP contribution in [0.3, 0.4) is 0 Å². The van der Waals surface area contributed by atoms with Gasteiger partial charge in [0.1, 0.15) is 0 Å². The van der Waals surface area contributed by atoms with Crippen LogP contribution < -0.4 is 10.6 Å². The number of benzene rings is 1. The number of rotatable bonds is 7. The summed E-state index contributed by atoms with van der Waals surface area (Å²) in [5, 5.41) is 7.34. The van der Waals surface area contributed by atoms with E-state index in [0.29, 0.717) is 16.8 Å². The summed E-state index contributed by atoms with van der Waals surface area (Å²) in [5.41, 5.74) is 2.40. The molecule has 0 radical (unpaired) electrons. The SMILES string of the molecule is CCn1cnc2c(Nc3cccc(Cl)c3)nc(NCCN3CCOCC3)nc21. The minimum absolute atomic E-state index is 0.584. The van der Waals surface area contributed by atoms with Crippen molar-refractivity contribution in [2.45, 2.75) is 13.5 Å². The first-order chi connectivity index (χ1) is 13.7. The summed E-state index contributed by atoms with van der Waals surface area (Å²) in [6.45, 7) is 8.07. The molecule has 3 aromatic rings. The molecule has 2 N–H and O–H groups in total. The lowest BCUT2D eigenvalue weighted by Gasteiger charge is -2.26. The van der Waals surface area contributed by atoms with Crippen LogP contribution in [0.4, 0.5) is 17.5 Å². The van der Waals surface area contributed by atoms with Crippen molar-refractivity contribution >= 4 is 40.2 Å². The summed E-state index contributed by atoms with van der Waals surface area (Å²) < 4.78 is 7.40. The van der Waals surface area contributed by atoms with Gasteiger partial charge in [-0.05, 0) is 25.1 Å². The highest BCUT2D eigenvalue weighted by Crippen LogP contribution is 2.25. The van der Waals surface area contributed by atoms with Gasteiger partial charge in [0.15, 0.2) is 17.0 Å². The largest absolute Gasteiger partial charge is 0.379 e. The van der Waals surface area contributed by atoms with E-state index in [0.717, 1.165) is 62.8 Å². The average molecular weight is 402 g/mol. The first-order valence-corrected chi connectivity index (χ1v) is 9.90. The maximum Gasteiger partial charge on any atom is 0.226 e. The zero-order valence-corrected chi connectivity index (χ0v) is 16.6. The zero-order chi connectivity index (χ0) is 19.3. The van der Waals surface area contributed by atoms with Gasteiger partial charge in [0.2, 0.25) is 5.95 Å². The van der Waals surface area contributed by atoms with Gasteiger partial charge in [0.25, 0.3) is 0 Å². The fourth-order valence-electron chi connectivity index (χ4n) is 3.20. The molecule has 0 spiro atoms. The lowest BCUT2D eigenvalue weighted by molar-refractivity contribution is 0.0398. The van der Waals surface area contributed by atoms with Crippen LogP contribution in [0.1, 0.15) is 6.92 Å². The molecule has 1 fully saturated rings. The number of nitrogens with one attached hydrogen (secondary N) is 2. The molecule has 4 rings (SSSR count). The number of halogens is 1. The van der Waals surface area contributed by atoms with Gasteiger partial charge in [-0.15, -0.1) is 0 Å². The molecule has 2 aromatic heterocycles. The Balaban J connectivity index is 1.55. The molecule has 1 aromatic carbocycles. The number of aromatic nitrogens is 4. The van der Waals surface area contributed by atoms with Crippen molar-refractivity contribution in [1.29, 1.82) is 0 Å². The van der Waals surface area contributed by atoms with E-state index in [-0.39, 0.29) is 0 Å². The zero-order valence-electron chi connectivity index (χ0n) is 15.9. The predicted molar refractivity (Wildman–Crippen MR) is 111 cm³/mol. The minimum atomic E-state index is 0.584. The maximum absolute atomic E-state index is 6.11. The van der Waals surface area contributed by atoms with Crippen molar-refractivity contribution in [2.75, 3.05) is 50.0 Å². The third-order valence-electron chi connectivity index (χ3n) is 4.71. The van der Waals surface area contributed by atoms with Gasteiger partial charge >= 0.3 is 0 Å². The van der Waals surface area contributed by atoms with Gasteiger partial charge in [-0.2, -0.15) is 9.97 Å². The summed E-state index contributed by atoms with van der Waals surface area (Å²) in [6.07, 6.45) is 1.79. The number of anilines is 3. The van der Waals surface area contributed by atoms with Gasteiger partial charge in [-0.3, -0.25) is 4.90 Å². The number of hydrogen-bond acceptors (Lipinski definition) is 7. The molecular weight excluding hydrogens is 378 g/mol. The Morgan fingerprint density at radius 1 is 1.21 bits per heavy atom. The number of imidazole rings is 1. The lowest BCUT2D eigenvalue weighted by Crippen LogP contribution is -2.39. The van der Waals surface area contributed by atoms with E-state index in [1.807, 2.05) is 28.8 Å². The molecular formula is C19H24ClN7O. The van der Waals surface area contributed by atoms with Crippen LogP contribution in [0, 0.1) is 0 Å². The molecule has 1 saturated heterocycles. The van der Waals surface area contributed by atoms with E-state index in [2.05, 4.69) is 37.4 Å². The molecule has 28 heavy (non-hydrogen) atoms. The first kappa shape index (κ1) is 18.9. The summed E-state index contributed by atoms with van der Waals surface area (Å²) in [5.74, 6) is 1.24. The number of nitrogens with zero attached hydrogens (tertiary/aromatic N) is 5. The van der Waals surface area contributed by atoms with E-state index >= 15 is 0 Å². The Labute approximate surface area is 168 Å². The van der Waals surface area contributed by atoms with Crippen LogP contribution >= 0.6 is 11.6 Å². The van der Waals surface area contributed by atoms with Crippen molar-refractivity contribution < 1.29 is 4.74 Å². The molecule has 1 aliphatic rings. The Morgan fingerprint density at radius 3 is 2.86 bits per heavy atom. The molecule has 3 heterocycles. The monoisotopic (exact) mass is 401 g/mol. The molecule has 0 amide bonds. The maximum atomic E-state index is 6.11. The molecule has 0 aliphatic carbocycles. The third-order valence-corrected chi connectivity index (χ3v) is 4.94. The van der Waals surface area contributed by atoms with Gasteiger partial charge in [-0.25, -0.2) is 4.98 Å². The van der Waals surface area contributed by atoms with Crippen molar-refractivity contribution in [3.8, 4) is 0 Å². The van der Waals surface area contributed by atoms with Gasteiger partial charge in [0.05, 0.1) is 19.5 Å². The normalized spacial score (nSPS) is 15.1. The number of ether oxygens (including phenoxy) is 1. The standard InChI is InChI=1S/C19H24ClN7O/c1-2-27-13-22-16-17(23-15-5-3-4-14(20)12-15)24-19(25-18(16)27)21-6-7-26-8-10-28-11-9-26/h3-5,12-13H,2,6-11H2,1H3,(H2,21,23,24,25). The van der Waals surface area contributed by atoms with Crippen LogP contribution in [-0.4, -0.2) is 63.8 Å². The highest BCUT2D eigenvalue weighted by Gasteiger charge is 2.14. The fraction of sp³-hybridized carbons (Fsp3) is 0.421. The van der Waals surface area contributed by atoms with Crippen LogP contribution in [-0.2, 0) is 11.3 Å². The Kier molecular flexibility index (Phi) is 5.90. The quantitative estimate of drug-likeness (QED) is 0.629. The molecule has 8 nitrogen and oxygen atoms in total. The number of morpholine rings is 1. The van der Waals surface area contributed by atoms with Gasteiger partial charge in [0, 0.05) is 43.4 Å². The Morgan fingerprint density at radius 2 is 2.07 bits per heavy atom. The van der Waals surface area contributed by atoms with Crippen molar-refractivity contribution in [1.82, 2.24) is 24.4 Å². The second-order valence-electron chi connectivity index (χ2n) is 6.61. The van der Waals surface area contributed by atoms with Crippen molar-refractivity contribution in [3.05, 3.63) is 35.6 Å². The molecule has 0 saturated carbocycles. The van der Waals surface area contributed by atoms with E-state index in [1.54, 1.807) is 6.33 Å². The smallest absolute Gasteiger partial charge is 0.226 e. The van der Waals surface area contributed by atoms with E-state index in [4.69, 9.17) is 16.3 Å². The second kappa shape index (κ2) is 8.72. The van der Waals surface area contributed by atoms with Crippen LogP contribution in [0.15, 0.2) is 30.6 Å². The average Bonchev–Trinajstić information content (AvgIpc) is 3.12. The first-order valence-electron chi connectivity index (χ1n) is 9.52. The van der Waals surface area contributed by atoms with Gasteiger partial charge < -0.3 is 19.9 Å². The Hall–Kier alpha value is -2.42. The number of aryl methyl sites for hydroxylation is 1. The molecule has 0 atom stereocenters. The Bertz CT molecular complexity index is 939. The summed E-state index contributed by atoms with van der Waals surface area (Å²) in [4.78, 5) is 16.2. The highest BCUT2D eigenvalue weighted by atomic mass is 35.5. The highest BCUT2D eigenvalue weighted by molar-refractivity contribution is 6.30. The molecule has 9 heteroatoms. The molecule has 148 valence electrons. The lowest BCUT2D eigenvalue weighted by atomic mass is 10.3. The molecule has 1 aliphatic heterocycles. The van der Waals surface area contributed by atoms with Crippen molar-refractivity contribution in [3.63, 3.8) is 0 Å². The summed E-state index contributed by atoms with van der Waals surface area (Å²) in [6, 6.07) is 7.54. The summed E-state index contributed by atoms with van der Waals surface area (Å²) in [7, 11) is 0. The van der Waals surface area contributed by atoms with Crippen molar-refractivity contribution in [2.24, 2.45) is 0 Å². The van der Waals surface area contributed by atoms with E-state index in [9.17, 15) is 0 Å². The number of hydrogen-bond donors (Lipinski definition) is 2. The fourth-order valence-corrected chi connectivity index (χ4v) is 3.39. The van der Waals surface area contributed by atoms with Crippen LogP contribution in [0.2, 0.25) is 5.02 Å². The van der Waals surface area contributed by atoms with Crippen LogP contribution in [0.5, 0.6) is 0 Å². The second-order valence-corrected chi connectivity index (χ2v) is 7.05. The summed E-state index contributed by atoms with van der Waals surface area (Å²) >= 11 is 6.11. The van der Waals surface area contributed by atoms with E-state index < -0.39 is 0 Å². The molecule has 0 unspecified atom stereocenters. The van der Waals surface area contributed by atoms with E-state index in [1.165, 1.54) is 0 Å². The van der Waals surface area contributed by atoms with Gasteiger partial charge in [-0.1, -0.05) is 17.7 Å². The molecule has 0 bridgehead atoms. The predicted octanol–water partition coefficient (Wildman–Crippen LogP) is 2.99. The third kappa shape index (κ3) is 4.35. The number of fused-ring (bicyclic) bond motifs is 1.